The lowest BCUT2D eigenvalue weighted by atomic mass is 10.2. The molecule has 1 aliphatic rings. The Morgan fingerprint density at radius 2 is 2.33 bits per heavy atom. The molecule has 0 spiro atoms. The van der Waals surface area contributed by atoms with Crippen LogP contribution in [0.2, 0.25) is 0 Å². The molecule has 1 unspecified atom stereocenters. The van der Waals surface area contributed by atoms with Crippen LogP contribution in [-0.2, 0) is 6.54 Å². The smallest absolute Gasteiger partial charge is 0.161 e. The number of aromatic hydroxyl groups is 1. The second kappa shape index (κ2) is 6.07. The van der Waals surface area contributed by atoms with Crippen molar-refractivity contribution >= 4 is 0 Å². The molecule has 2 rings (SSSR count). The minimum Gasteiger partial charge on any atom is -0.504 e. The predicted molar refractivity (Wildman–Crippen MR) is 72.0 cm³/mol. The molecule has 1 aromatic rings. The van der Waals surface area contributed by atoms with Crippen LogP contribution in [0.25, 0.3) is 0 Å². The van der Waals surface area contributed by atoms with Crippen LogP contribution in [0.5, 0.6) is 11.5 Å². The molecule has 100 valence electrons. The summed E-state index contributed by atoms with van der Waals surface area (Å²) < 4.78 is 5.40. The summed E-state index contributed by atoms with van der Waals surface area (Å²) in [7, 11) is 2.02. The molecule has 0 aromatic heterocycles. The van der Waals surface area contributed by atoms with Crippen LogP contribution in [0.3, 0.4) is 0 Å². The molecule has 18 heavy (non-hydrogen) atoms. The molecule has 1 atom stereocenters. The number of rotatable bonds is 5. The number of likely N-dealkylation sites (N-methyl/N-ethyl adjacent to an activating group) is 1. The maximum atomic E-state index is 9.66. The lowest BCUT2D eigenvalue weighted by Gasteiger charge is -2.16. The Bertz CT molecular complexity index is 395. The van der Waals surface area contributed by atoms with E-state index in [-0.39, 0.29) is 5.75 Å². The lowest BCUT2D eigenvalue weighted by Crippen LogP contribution is -2.29. The first-order valence-corrected chi connectivity index (χ1v) is 6.57. The van der Waals surface area contributed by atoms with Crippen LogP contribution in [-0.4, -0.2) is 42.8 Å². The SMILES string of the molecule is CCOc1cc(CN2CCC(NC)C2)ccc1O. The van der Waals surface area contributed by atoms with E-state index >= 15 is 0 Å². The third kappa shape index (κ3) is 3.15. The second-order valence-corrected chi connectivity index (χ2v) is 4.74. The Kier molecular flexibility index (Phi) is 4.44. The fraction of sp³-hybridized carbons (Fsp3) is 0.571. The van der Waals surface area contributed by atoms with Gasteiger partial charge in [-0.2, -0.15) is 0 Å². The van der Waals surface area contributed by atoms with Gasteiger partial charge in [-0.3, -0.25) is 4.90 Å². The molecule has 0 amide bonds. The van der Waals surface area contributed by atoms with E-state index < -0.39 is 0 Å². The van der Waals surface area contributed by atoms with Crippen molar-refractivity contribution in [1.29, 1.82) is 0 Å². The number of benzene rings is 1. The fourth-order valence-electron chi connectivity index (χ4n) is 2.40. The highest BCUT2D eigenvalue weighted by Crippen LogP contribution is 2.27. The summed E-state index contributed by atoms with van der Waals surface area (Å²) in [6, 6.07) is 6.22. The number of nitrogens with zero attached hydrogens (tertiary/aromatic N) is 1. The first-order chi connectivity index (χ1) is 8.72. The topological polar surface area (TPSA) is 44.7 Å². The highest BCUT2D eigenvalue weighted by molar-refractivity contribution is 5.41. The van der Waals surface area contributed by atoms with Gasteiger partial charge < -0.3 is 15.2 Å². The lowest BCUT2D eigenvalue weighted by molar-refractivity contribution is 0.309. The van der Waals surface area contributed by atoms with Crippen molar-refractivity contribution in [2.24, 2.45) is 0 Å². The van der Waals surface area contributed by atoms with Crippen LogP contribution in [0.1, 0.15) is 18.9 Å². The molecule has 1 heterocycles. The summed E-state index contributed by atoms with van der Waals surface area (Å²) in [4.78, 5) is 2.42. The standard InChI is InChI=1S/C14H22N2O2/c1-3-18-14-8-11(4-5-13(14)17)9-16-7-6-12(10-16)15-2/h4-5,8,12,15,17H,3,6-7,9-10H2,1-2H3. The maximum Gasteiger partial charge on any atom is 0.161 e. The minimum absolute atomic E-state index is 0.218. The van der Waals surface area contributed by atoms with Gasteiger partial charge in [0.15, 0.2) is 11.5 Å². The van der Waals surface area contributed by atoms with Crippen molar-refractivity contribution in [3.8, 4) is 11.5 Å². The van der Waals surface area contributed by atoms with Gasteiger partial charge in [0.2, 0.25) is 0 Å². The predicted octanol–water partition coefficient (Wildman–Crippen LogP) is 1.58. The van der Waals surface area contributed by atoms with E-state index in [2.05, 4.69) is 10.2 Å². The van der Waals surface area contributed by atoms with Crippen LogP contribution < -0.4 is 10.1 Å². The van der Waals surface area contributed by atoms with Gasteiger partial charge in [-0.15, -0.1) is 0 Å². The van der Waals surface area contributed by atoms with Crippen molar-refractivity contribution in [1.82, 2.24) is 10.2 Å². The number of hydrogen-bond donors (Lipinski definition) is 2. The highest BCUT2D eigenvalue weighted by Gasteiger charge is 2.20. The quantitative estimate of drug-likeness (QED) is 0.833. The number of phenolic OH excluding ortho intramolecular Hbond substituents is 1. The zero-order chi connectivity index (χ0) is 13.0. The molecular formula is C14H22N2O2. The van der Waals surface area contributed by atoms with E-state index in [9.17, 15) is 5.11 Å². The number of ether oxygens (including phenoxy) is 1. The molecule has 1 fully saturated rings. The van der Waals surface area contributed by atoms with Crippen molar-refractivity contribution in [2.45, 2.75) is 25.9 Å². The van der Waals surface area contributed by atoms with Crippen molar-refractivity contribution in [2.75, 3.05) is 26.7 Å². The number of likely N-dealkylation sites (tertiary alicyclic amines) is 1. The number of nitrogens with one attached hydrogen (secondary N) is 1. The number of hydrogen-bond acceptors (Lipinski definition) is 4. The monoisotopic (exact) mass is 250 g/mol. The fourth-order valence-corrected chi connectivity index (χ4v) is 2.40. The molecule has 4 heteroatoms. The van der Waals surface area contributed by atoms with E-state index in [1.165, 1.54) is 12.0 Å². The Labute approximate surface area is 109 Å². The van der Waals surface area contributed by atoms with E-state index in [1.807, 2.05) is 26.1 Å². The summed E-state index contributed by atoms with van der Waals surface area (Å²) in [6.07, 6.45) is 1.20. The molecule has 0 saturated carbocycles. The summed E-state index contributed by atoms with van der Waals surface area (Å²) >= 11 is 0. The molecule has 2 N–H and O–H groups in total. The van der Waals surface area contributed by atoms with Crippen LogP contribution in [0.15, 0.2) is 18.2 Å². The first-order valence-electron chi connectivity index (χ1n) is 6.57. The molecule has 4 nitrogen and oxygen atoms in total. The molecule has 0 bridgehead atoms. The Morgan fingerprint density at radius 3 is 3.00 bits per heavy atom. The van der Waals surface area contributed by atoms with Gasteiger partial charge in [0.25, 0.3) is 0 Å². The zero-order valence-electron chi connectivity index (χ0n) is 11.1. The molecule has 0 aliphatic carbocycles. The van der Waals surface area contributed by atoms with Crippen molar-refractivity contribution < 1.29 is 9.84 Å². The molecule has 1 saturated heterocycles. The summed E-state index contributed by atoms with van der Waals surface area (Å²) in [5.41, 5.74) is 1.19. The van der Waals surface area contributed by atoms with Gasteiger partial charge in [0.05, 0.1) is 6.61 Å². The first kappa shape index (κ1) is 13.2. The van der Waals surface area contributed by atoms with Crippen molar-refractivity contribution in [3.05, 3.63) is 23.8 Å². The van der Waals surface area contributed by atoms with E-state index in [4.69, 9.17) is 4.74 Å². The van der Waals surface area contributed by atoms with Gasteiger partial charge in [-0.1, -0.05) is 6.07 Å². The molecular weight excluding hydrogens is 228 g/mol. The third-order valence-corrected chi connectivity index (χ3v) is 3.41. The normalized spacial score (nSPS) is 20.2. The third-order valence-electron chi connectivity index (χ3n) is 3.41. The van der Waals surface area contributed by atoms with Crippen LogP contribution in [0, 0.1) is 0 Å². The summed E-state index contributed by atoms with van der Waals surface area (Å²) in [5, 5.41) is 13.0. The zero-order valence-corrected chi connectivity index (χ0v) is 11.1. The van der Waals surface area contributed by atoms with Gasteiger partial charge >= 0.3 is 0 Å². The van der Waals surface area contributed by atoms with E-state index in [1.54, 1.807) is 6.07 Å². The Balaban J connectivity index is 1.99. The highest BCUT2D eigenvalue weighted by atomic mass is 16.5. The van der Waals surface area contributed by atoms with E-state index in [0.717, 1.165) is 19.6 Å². The Hall–Kier alpha value is -1.26. The summed E-state index contributed by atoms with van der Waals surface area (Å²) in [5.74, 6) is 0.800. The van der Waals surface area contributed by atoms with Gasteiger partial charge in [-0.25, -0.2) is 0 Å². The minimum atomic E-state index is 0.218. The van der Waals surface area contributed by atoms with Gasteiger partial charge in [-0.05, 0) is 38.1 Å². The maximum absolute atomic E-state index is 9.66. The second-order valence-electron chi connectivity index (χ2n) is 4.74. The van der Waals surface area contributed by atoms with Gasteiger partial charge in [0.1, 0.15) is 0 Å². The molecule has 1 aromatic carbocycles. The van der Waals surface area contributed by atoms with Crippen LogP contribution in [0.4, 0.5) is 0 Å². The largest absolute Gasteiger partial charge is 0.504 e. The number of phenols is 1. The van der Waals surface area contributed by atoms with Crippen molar-refractivity contribution in [3.63, 3.8) is 0 Å². The molecule has 1 aliphatic heterocycles. The average molecular weight is 250 g/mol. The Morgan fingerprint density at radius 1 is 1.50 bits per heavy atom. The average Bonchev–Trinajstić information content (AvgIpc) is 2.81. The summed E-state index contributed by atoms with van der Waals surface area (Å²) in [6.45, 7) is 5.61. The van der Waals surface area contributed by atoms with E-state index in [0.29, 0.717) is 18.4 Å². The van der Waals surface area contributed by atoms with Crippen LogP contribution >= 0.6 is 0 Å². The van der Waals surface area contributed by atoms with Gasteiger partial charge in [0, 0.05) is 25.7 Å². The molecule has 0 radical (unpaired) electrons.